The zero-order chi connectivity index (χ0) is 18.4. The van der Waals surface area contributed by atoms with Crippen molar-refractivity contribution in [1.29, 1.82) is 0 Å². The van der Waals surface area contributed by atoms with Crippen molar-refractivity contribution in [3.63, 3.8) is 0 Å². The smallest absolute Gasteiger partial charge is 0.343 e. The minimum Gasteiger partial charge on any atom is -0.452 e. The van der Waals surface area contributed by atoms with E-state index in [2.05, 4.69) is 12.2 Å². The van der Waals surface area contributed by atoms with E-state index in [1.165, 1.54) is 17.7 Å². The summed E-state index contributed by atoms with van der Waals surface area (Å²) in [6.45, 7) is 3.38. The molecule has 4 nitrogen and oxygen atoms in total. The molecule has 0 saturated carbocycles. The number of halogens is 2. The summed E-state index contributed by atoms with van der Waals surface area (Å²) in [5, 5.41) is 2.67. The maximum Gasteiger partial charge on any atom is 0.343 e. The average Bonchev–Trinajstić information content (AvgIpc) is 2.60. The molecule has 0 radical (unpaired) electrons. The number of benzene rings is 2. The van der Waals surface area contributed by atoms with Gasteiger partial charge < -0.3 is 10.1 Å². The molecule has 0 aliphatic rings. The minimum absolute atomic E-state index is 0.0604. The summed E-state index contributed by atoms with van der Waals surface area (Å²) < 4.78 is 18.5. The Kier molecular flexibility index (Phi) is 6.53. The predicted octanol–water partition coefficient (Wildman–Crippen LogP) is 4.08. The molecule has 0 aromatic heterocycles. The monoisotopic (exact) mass is 363 g/mol. The van der Waals surface area contributed by atoms with Gasteiger partial charge in [0.25, 0.3) is 5.91 Å². The van der Waals surface area contributed by atoms with Crippen molar-refractivity contribution in [3.05, 3.63) is 70.0 Å². The summed E-state index contributed by atoms with van der Waals surface area (Å²) in [4.78, 5) is 23.8. The number of rotatable bonds is 6. The molecule has 25 heavy (non-hydrogen) atoms. The van der Waals surface area contributed by atoms with E-state index in [1.54, 1.807) is 0 Å². The first-order valence-electron chi connectivity index (χ1n) is 7.91. The molecule has 6 heteroatoms. The first kappa shape index (κ1) is 18.9. The number of amides is 1. The fraction of sp³-hybridized carbons (Fsp3) is 0.263. The van der Waals surface area contributed by atoms with Crippen LogP contribution in [0.5, 0.6) is 0 Å². The number of nitrogens with one attached hydrogen (secondary N) is 1. The van der Waals surface area contributed by atoms with E-state index in [4.69, 9.17) is 16.3 Å². The van der Waals surface area contributed by atoms with Gasteiger partial charge in [0.15, 0.2) is 6.61 Å². The Hall–Kier alpha value is -2.40. The zero-order valence-electron chi connectivity index (χ0n) is 14.0. The average molecular weight is 364 g/mol. The second kappa shape index (κ2) is 8.62. The van der Waals surface area contributed by atoms with Gasteiger partial charge >= 0.3 is 5.97 Å². The zero-order valence-corrected chi connectivity index (χ0v) is 14.8. The number of hydrogen-bond donors (Lipinski definition) is 1. The highest BCUT2D eigenvalue weighted by molar-refractivity contribution is 6.33. The Morgan fingerprint density at radius 3 is 2.48 bits per heavy atom. The van der Waals surface area contributed by atoms with Crippen LogP contribution < -0.4 is 5.32 Å². The standard InChI is InChI=1S/C19H19ClFNO3/c1-3-13-7-9-14(10-8-13)12(2)22-17(23)11-25-19(24)18-15(20)5-4-6-16(18)21/h4-10,12H,3,11H2,1-2H3,(H,22,23)/t12-/m0/s1. The predicted molar refractivity (Wildman–Crippen MR) is 94.1 cm³/mol. The van der Waals surface area contributed by atoms with Gasteiger partial charge in [0.05, 0.1) is 11.1 Å². The molecule has 0 bridgehead atoms. The molecular weight excluding hydrogens is 345 g/mol. The molecule has 0 spiro atoms. The van der Waals surface area contributed by atoms with E-state index in [1.807, 2.05) is 31.2 Å². The maximum atomic E-state index is 13.6. The molecule has 0 fully saturated rings. The van der Waals surface area contributed by atoms with Crippen LogP contribution in [0, 0.1) is 5.82 Å². The summed E-state index contributed by atoms with van der Waals surface area (Å²) in [6, 6.07) is 11.5. The van der Waals surface area contributed by atoms with Crippen LogP contribution in [0.2, 0.25) is 5.02 Å². The van der Waals surface area contributed by atoms with Crippen LogP contribution in [0.4, 0.5) is 4.39 Å². The lowest BCUT2D eigenvalue weighted by atomic mass is 10.1. The highest BCUT2D eigenvalue weighted by Gasteiger charge is 2.19. The Morgan fingerprint density at radius 1 is 1.20 bits per heavy atom. The first-order valence-corrected chi connectivity index (χ1v) is 8.29. The third-order valence-corrected chi connectivity index (χ3v) is 4.08. The largest absolute Gasteiger partial charge is 0.452 e. The lowest BCUT2D eigenvalue weighted by Gasteiger charge is -2.15. The van der Waals surface area contributed by atoms with Crippen molar-refractivity contribution in [2.75, 3.05) is 6.61 Å². The van der Waals surface area contributed by atoms with Crippen LogP contribution in [0.25, 0.3) is 0 Å². The van der Waals surface area contributed by atoms with Crippen molar-refractivity contribution >= 4 is 23.5 Å². The summed E-state index contributed by atoms with van der Waals surface area (Å²) in [5.41, 5.74) is 1.77. The van der Waals surface area contributed by atoms with Gasteiger partial charge in [0, 0.05) is 0 Å². The van der Waals surface area contributed by atoms with E-state index in [0.717, 1.165) is 18.1 Å². The molecule has 0 saturated heterocycles. The van der Waals surface area contributed by atoms with E-state index in [9.17, 15) is 14.0 Å². The summed E-state index contributed by atoms with van der Waals surface area (Å²) in [6.07, 6.45) is 0.940. The quantitative estimate of drug-likeness (QED) is 0.787. The first-order chi connectivity index (χ1) is 11.9. The summed E-state index contributed by atoms with van der Waals surface area (Å²) in [5.74, 6) is -2.24. The third kappa shape index (κ3) is 5.03. The topological polar surface area (TPSA) is 55.4 Å². The van der Waals surface area contributed by atoms with Crippen LogP contribution >= 0.6 is 11.6 Å². The van der Waals surface area contributed by atoms with E-state index >= 15 is 0 Å². The molecule has 0 aliphatic carbocycles. The highest BCUT2D eigenvalue weighted by Crippen LogP contribution is 2.20. The van der Waals surface area contributed by atoms with E-state index in [-0.39, 0.29) is 16.6 Å². The van der Waals surface area contributed by atoms with Gasteiger partial charge in [-0.05, 0) is 36.6 Å². The maximum absolute atomic E-state index is 13.6. The number of ether oxygens (including phenoxy) is 1. The number of aryl methyl sites for hydroxylation is 1. The summed E-state index contributed by atoms with van der Waals surface area (Å²) in [7, 11) is 0. The van der Waals surface area contributed by atoms with Gasteiger partial charge in [-0.3, -0.25) is 4.79 Å². The van der Waals surface area contributed by atoms with Gasteiger partial charge in [-0.2, -0.15) is 0 Å². The lowest BCUT2D eigenvalue weighted by Crippen LogP contribution is -2.31. The van der Waals surface area contributed by atoms with Gasteiger partial charge in [0.1, 0.15) is 11.4 Å². The summed E-state index contributed by atoms with van der Waals surface area (Å²) >= 11 is 5.79. The highest BCUT2D eigenvalue weighted by atomic mass is 35.5. The van der Waals surface area contributed by atoms with Crippen LogP contribution in [-0.2, 0) is 16.0 Å². The van der Waals surface area contributed by atoms with Gasteiger partial charge in [0.2, 0.25) is 0 Å². The van der Waals surface area contributed by atoms with Crippen molar-refractivity contribution < 1.29 is 18.7 Å². The number of hydrogen-bond acceptors (Lipinski definition) is 3. The molecule has 132 valence electrons. The van der Waals surface area contributed by atoms with Crippen molar-refractivity contribution in [3.8, 4) is 0 Å². The van der Waals surface area contributed by atoms with Crippen LogP contribution in [-0.4, -0.2) is 18.5 Å². The van der Waals surface area contributed by atoms with Crippen molar-refractivity contribution in [2.24, 2.45) is 0 Å². The molecule has 2 rings (SSSR count). The third-order valence-electron chi connectivity index (χ3n) is 3.77. The Bertz CT molecular complexity index is 742. The van der Waals surface area contributed by atoms with Gasteiger partial charge in [-0.15, -0.1) is 0 Å². The van der Waals surface area contributed by atoms with Gasteiger partial charge in [-0.25, -0.2) is 9.18 Å². The second-order valence-electron chi connectivity index (χ2n) is 5.56. The lowest BCUT2D eigenvalue weighted by molar-refractivity contribution is -0.124. The van der Waals surface area contributed by atoms with Gasteiger partial charge in [-0.1, -0.05) is 48.9 Å². The van der Waals surface area contributed by atoms with E-state index in [0.29, 0.717) is 0 Å². The number of carbonyl (C=O) groups is 2. The molecule has 2 aromatic rings. The second-order valence-corrected chi connectivity index (χ2v) is 5.96. The van der Waals surface area contributed by atoms with Crippen LogP contribution in [0.1, 0.15) is 41.4 Å². The molecule has 0 unspecified atom stereocenters. The molecular formula is C19H19ClFNO3. The molecule has 0 aliphatic heterocycles. The fourth-order valence-corrected chi connectivity index (χ4v) is 2.54. The molecule has 0 heterocycles. The number of carbonyl (C=O) groups excluding carboxylic acids is 2. The number of esters is 1. The minimum atomic E-state index is -0.974. The molecule has 1 atom stereocenters. The Morgan fingerprint density at radius 2 is 1.88 bits per heavy atom. The van der Waals surface area contributed by atoms with Crippen molar-refractivity contribution in [1.82, 2.24) is 5.32 Å². The molecule has 1 amide bonds. The van der Waals surface area contributed by atoms with Crippen LogP contribution in [0.15, 0.2) is 42.5 Å². The molecule has 2 aromatic carbocycles. The van der Waals surface area contributed by atoms with Crippen molar-refractivity contribution in [2.45, 2.75) is 26.3 Å². The fourth-order valence-electron chi connectivity index (χ4n) is 2.30. The van der Waals surface area contributed by atoms with Crippen LogP contribution in [0.3, 0.4) is 0 Å². The normalized spacial score (nSPS) is 11.7. The molecule has 1 N–H and O–H groups in total. The SMILES string of the molecule is CCc1ccc([C@H](C)NC(=O)COC(=O)c2c(F)cccc2Cl)cc1. The van der Waals surface area contributed by atoms with E-state index < -0.39 is 24.3 Å². The Balaban J connectivity index is 1.90. The Labute approximate surface area is 150 Å².